The van der Waals surface area contributed by atoms with E-state index in [2.05, 4.69) is 4.98 Å². The normalized spacial score (nSPS) is 16.9. The van der Waals surface area contributed by atoms with E-state index < -0.39 is 21.9 Å². The zero-order valence-electron chi connectivity index (χ0n) is 8.28. The van der Waals surface area contributed by atoms with Crippen molar-refractivity contribution in [3.8, 4) is 0 Å². The molecule has 8 heteroatoms. The predicted octanol–water partition coefficient (Wildman–Crippen LogP) is -0.862. The van der Waals surface area contributed by atoms with Gasteiger partial charge in [0, 0.05) is 25.5 Å². The Morgan fingerprint density at radius 3 is 2.59 bits per heavy atom. The van der Waals surface area contributed by atoms with Crippen molar-refractivity contribution in [3.05, 3.63) is 24.5 Å². The first-order chi connectivity index (χ1) is 7.51. The molecule has 1 fully saturated rings. The Balaban J connectivity index is 0.00000144. The summed E-state index contributed by atoms with van der Waals surface area (Å²) in [6.07, 6.45) is 2.73. The molecular formula is C9H11LiN2O4S. The quantitative estimate of drug-likeness (QED) is 0.705. The van der Waals surface area contributed by atoms with Crippen LogP contribution in [0.15, 0.2) is 29.4 Å². The number of aliphatic carboxylic acids is 1. The van der Waals surface area contributed by atoms with Crippen molar-refractivity contribution in [2.24, 2.45) is 5.92 Å². The molecule has 1 aliphatic rings. The molecule has 1 aromatic rings. The second-order valence-electron chi connectivity index (χ2n) is 3.55. The van der Waals surface area contributed by atoms with E-state index in [1.165, 1.54) is 24.5 Å². The van der Waals surface area contributed by atoms with Crippen molar-refractivity contribution >= 4 is 34.9 Å². The summed E-state index contributed by atoms with van der Waals surface area (Å²) in [5, 5.41) is 8.65. The van der Waals surface area contributed by atoms with Crippen molar-refractivity contribution in [2.45, 2.75) is 4.90 Å². The van der Waals surface area contributed by atoms with Crippen LogP contribution in [0, 0.1) is 5.92 Å². The summed E-state index contributed by atoms with van der Waals surface area (Å²) in [5.41, 5.74) is 0. The number of rotatable bonds is 3. The van der Waals surface area contributed by atoms with E-state index in [1.807, 2.05) is 0 Å². The number of nitrogens with zero attached hydrogens (tertiary/aromatic N) is 2. The molecule has 0 saturated carbocycles. The van der Waals surface area contributed by atoms with Gasteiger partial charge < -0.3 is 5.11 Å². The molecule has 0 atom stereocenters. The number of hydrogen-bond acceptors (Lipinski definition) is 4. The van der Waals surface area contributed by atoms with Crippen molar-refractivity contribution in [1.82, 2.24) is 9.29 Å². The average molecular weight is 250 g/mol. The van der Waals surface area contributed by atoms with Gasteiger partial charge in [-0.05, 0) is 12.1 Å². The Labute approximate surface area is 111 Å². The fourth-order valence-electron chi connectivity index (χ4n) is 1.44. The number of carboxylic acids is 1. The molecule has 0 unspecified atom stereocenters. The molecule has 0 amide bonds. The molecule has 17 heavy (non-hydrogen) atoms. The number of carbonyl (C=O) groups is 1. The van der Waals surface area contributed by atoms with Crippen LogP contribution in [-0.4, -0.2) is 60.7 Å². The van der Waals surface area contributed by atoms with Gasteiger partial charge in [0.2, 0.25) is 10.0 Å². The predicted molar refractivity (Wildman–Crippen MR) is 61.3 cm³/mol. The summed E-state index contributed by atoms with van der Waals surface area (Å²) >= 11 is 0. The Kier molecular flexibility index (Phi) is 4.33. The van der Waals surface area contributed by atoms with Gasteiger partial charge in [-0.25, -0.2) is 8.42 Å². The summed E-state index contributed by atoms with van der Waals surface area (Å²) in [5.74, 6) is -1.55. The number of aromatic nitrogens is 1. The molecule has 0 spiro atoms. The monoisotopic (exact) mass is 250 g/mol. The standard InChI is InChI=1S/C9H10N2O4S.Li.H/c12-9(13)7-5-11(6-7)16(14,15)8-2-1-3-10-4-8;;/h1-4,7H,5-6H2,(H,12,13);;. The van der Waals surface area contributed by atoms with Crippen molar-refractivity contribution in [1.29, 1.82) is 0 Å². The molecule has 88 valence electrons. The van der Waals surface area contributed by atoms with E-state index in [0.29, 0.717) is 0 Å². The summed E-state index contributed by atoms with van der Waals surface area (Å²) in [6, 6.07) is 2.97. The van der Waals surface area contributed by atoms with Gasteiger partial charge >= 0.3 is 24.8 Å². The van der Waals surface area contributed by atoms with Crippen molar-refractivity contribution in [3.63, 3.8) is 0 Å². The molecule has 1 N–H and O–H groups in total. The van der Waals surface area contributed by atoms with Gasteiger partial charge in [-0.15, -0.1) is 0 Å². The van der Waals surface area contributed by atoms with Crippen LogP contribution in [0.1, 0.15) is 0 Å². The Morgan fingerprint density at radius 1 is 1.47 bits per heavy atom. The Bertz CT molecular complexity index is 499. The van der Waals surface area contributed by atoms with Gasteiger partial charge in [0.05, 0.1) is 5.92 Å². The fraction of sp³-hybridized carbons (Fsp3) is 0.333. The molecule has 2 heterocycles. The second-order valence-corrected chi connectivity index (χ2v) is 5.48. The van der Waals surface area contributed by atoms with E-state index in [4.69, 9.17) is 5.11 Å². The maximum atomic E-state index is 11.9. The average Bonchev–Trinajstić information content (AvgIpc) is 2.15. The number of sulfonamides is 1. The SMILES string of the molecule is O=C(O)C1CN(S(=O)(=O)c2cccnc2)C1.[LiH]. The first-order valence-electron chi connectivity index (χ1n) is 4.65. The summed E-state index contributed by atoms with van der Waals surface area (Å²) in [6.45, 7) is 0.0686. The van der Waals surface area contributed by atoms with Crippen LogP contribution in [-0.2, 0) is 14.8 Å². The fourth-order valence-corrected chi connectivity index (χ4v) is 2.93. The van der Waals surface area contributed by atoms with Crippen molar-refractivity contribution in [2.75, 3.05) is 13.1 Å². The van der Waals surface area contributed by atoms with E-state index in [1.54, 1.807) is 0 Å². The van der Waals surface area contributed by atoms with Gasteiger partial charge in [-0.2, -0.15) is 4.31 Å². The summed E-state index contributed by atoms with van der Waals surface area (Å²) in [4.78, 5) is 14.4. The third kappa shape index (κ3) is 2.69. The number of hydrogen-bond donors (Lipinski definition) is 1. The first-order valence-corrected chi connectivity index (χ1v) is 6.09. The molecule has 0 radical (unpaired) electrons. The molecule has 0 aromatic carbocycles. The summed E-state index contributed by atoms with van der Waals surface area (Å²) in [7, 11) is -3.56. The molecule has 6 nitrogen and oxygen atoms in total. The van der Waals surface area contributed by atoms with E-state index in [9.17, 15) is 13.2 Å². The first kappa shape index (κ1) is 14.2. The minimum absolute atomic E-state index is 0. The molecule has 1 saturated heterocycles. The molecule has 2 rings (SSSR count). The minimum atomic E-state index is -3.56. The number of pyridine rings is 1. The maximum absolute atomic E-state index is 11.9. The van der Waals surface area contributed by atoms with Gasteiger partial charge in [0.1, 0.15) is 4.90 Å². The number of carboxylic acid groups (broad SMARTS) is 1. The molecule has 0 bridgehead atoms. The van der Waals surface area contributed by atoms with E-state index >= 15 is 0 Å². The van der Waals surface area contributed by atoms with Gasteiger partial charge in [-0.3, -0.25) is 9.78 Å². The molecule has 1 aromatic heterocycles. The molecule has 0 aliphatic carbocycles. The zero-order valence-corrected chi connectivity index (χ0v) is 9.09. The molecular weight excluding hydrogens is 239 g/mol. The van der Waals surface area contributed by atoms with Crippen LogP contribution in [0.2, 0.25) is 0 Å². The van der Waals surface area contributed by atoms with Crippen LogP contribution in [0.25, 0.3) is 0 Å². The van der Waals surface area contributed by atoms with Crippen LogP contribution >= 0.6 is 0 Å². The topological polar surface area (TPSA) is 87.6 Å². The van der Waals surface area contributed by atoms with Gasteiger partial charge in [0.15, 0.2) is 0 Å². The Morgan fingerprint density at radius 2 is 2.12 bits per heavy atom. The second kappa shape index (κ2) is 5.19. The third-order valence-electron chi connectivity index (χ3n) is 2.47. The Hall–Kier alpha value is -0.873. The van der Waals surface area contributed by atoms with Crippen molar-refractivity contribution < 1.29 is 18.3 Å². The zero-order chi connectivity index (χ0) is 11.8. The summed E-state index contributed by atoms with van der Waals surface area (Å²) < 4.78 is 24.9. The van der Waals surface area contributed by atoms with Gasteiger partial charge in [-0.1, -0.05) is 0 Å². The third-order valence-corrected chi connectivity index (χ3v) is 4.28. The van der Waals surface area contributed by atoms with Crippen LogP contribution in [0.3, 0.4) is 0 Å². The van der Waals surface area contributed by atoms with E-state index in [0.717, 1.165) is 4.31 Å². The van der Waals surface area contributed by atoms with E-state index in [-0.39, 0.29) is 36.8 Å². The van der Waals surface area contributed by atoms with Crippen LogP contribution in [0.5, 0.6) is 0 Å². The van der Waals surface area contributed by atoms with Crippen LogP contribution in [0.4, 0.5) is 0 Å². The van der Waals surface area contributed by atoms with Gasteiger partial charge in [0.25, 0.3) is 0 Å². The van der Waals surface area contributed by atoms with Crippen LogP contribution < -0.4 is 0 Å². The molecule has 1 aliphatic heterocycles.